The second kappa shape index (κ2) is 7.78. The minimum absolute atomic E-state index is 0.0155. The first-order valence-electron chi connectivity index (χ1n) is 8.36. The molecule has 1 unspecified atom stereocenters. The number of hydrogen-bond acceptors (Lipinski definition) is 4. The Hall–Kier alpha value is -1.89. The van der Waals surface area contributed by atoms with Crippen LogP contribution in [0.3, 0.4) is 0 Å². The van der Waals surface area contributed by atoms with Gasteiger partial charge in [0.1, 0.15) is 5.75 Å². The Morgan fingerprint density at radius 1 is 1.19 bits per heavy atom. The van der Waals surface area contributed by atoms with Crippen LogP contribution >= 0.6 is 11.6 Å². The maximum absolute atomic E-state index is 13.0. The normalized spacial score (nSPS) is 18.5. The van der Waals surface area contributed by atoms with Gasteiger partial charge in [0.2, 0.25) is 10.0 Å². The lowest BCUT2D eigenvalue weighted by atomic mass is 9.91. The van der Waals surface area contributed by atoms with Gasteiger partial charge >= 0.3 is 0 Å². The van der Waals surface area contributed by atoms with Crippen LogP contribution in [0.1, 0.15) is 23.2 Å². The van der Waals surface area contributed by atoms with Gasteiger partial charge in [-0.2, -0.15) is 4.31 Å². The number of ether oxygens (including phenoxy) is 1. The third-order valence-corrected chi connectivity index (χ3v) is 6.73. The van der Waals surface area contributed by atoms with Crippen LogP contribution in [0.4, 0.5) is 0 Å². The van der Waals surface area contributed by atoms with Gasteiger partial charge in [0, 0.05) is 24.6 Å². The van der Waals surface area contributed by atoms with Crippen LogP contribution in [0, 0.1) is 5.92 Å². The van der Waals surface area contributed by atoms with Crippen LogP contribution in [0.5, 0.6) is 5.75 Å². The molecule has 0 spiro atoms. The highest BCUT2D eigenvalue weighted by molar-refractivity contribution is 7.89. The molecule has 2 aromatic carbocycles. The summed E-state index contributed by atoms with van der Waals surface area (Å²) in [5.41, 5.74) is 0.615. The number of rotatable bonds is 5. The van der Waals surface area contributed by atoms with Gasteiger partial charge in [0.25, 0.3) is 0 Å². The van der Waals surface area contributed by atoms with Crippen molar-refractivity contribution >= 4 is 27.4 Å². The molecule has 0 saturated carbocycles. The Bertz CT molecular complexity index is 899. The SMILES string of the molecule is COc1ccc(S(=O)(=O)N2CCCC(C(=O)c3ccccc3)C2)cc1Cl. The number of ketones is 1. The Morgan fingerprint density at radius 3 is 2.58 bits per heavy atom. The van der Waals surface area contributed by atoms with Gasteiger partial charge in [-0.15, -0.1) is 0 Å². The first kappa shape index (κ1) is 18.9. The first-order chi connectivity index (χ1) is 12.4. The van der Waals surface area contributed by atoms with Crippen LogP contribution in [0.25, 0.3) is 0 Å². The summed E-state index contributed by atoms with van der Waals surface area (Å²) in [7, 11) is -2.24. The number of Topliss-reactive ketones (excluding diaryl/α,β-unsaturated/α-hetero) is 1. The molecule has 0 aromatic heterocycles. The monoisotopic (exact) mass is 393 g/mol. The smallest absolute Gasteiger partial charge is 0.243 e. The fourth-order valence-electron chi connectivity index (χ4n) is 3.17. The Kier molecular flexibility index (Phi) is 5.65. The molecule has 1 aliphatic rings. The zero-order chi connectivity index (χ0) is 18.7. The molecule has 0 radical (unpaired) electrons. The van der Waals surface area contributed by atoms with E-state index >= 15 is 0 Å². The number of nitrogens with zero attached hydrogens (tertiary/aromatic N) is 1. The second-order valence-electron chi connectivity index (χ2n) is 6.23. The number of piperidine rings is 1. The topological polar surface area (TPSA) is 63.7 Å². The van der Waals surface area contributed by atoms with E-state index in [1.165, 1.54) is 29.6 Å². The Balaban J connectivity index is 1.82. The summed E-state index contributed by atoms with van der Waals surface area (Å²) < 4.78 is 32.4. The Labute approximate surface area is 158 Å². The lowest BCUT2D eigenvalue weighted by molar-refractivity contribution is 0.0872. The molecular formula is C19H20ClNO4S. The summed E-state index contributed by atoms with van der Waals surface area (Å²) in [6.45, 7) is 0.574. The number of hydrogen-bond donors (Lipinski definition) is 0. The molecular weight excluding hydrogens is 374 g/mol. The maximum atomic E-state index is 13.0. The molecule has 3 rings (SSSR count). The Morgan fingerprint density at radius 2 is 1.92 bits per heavy atom. The average molecular weight is 394 g/mol. The van der Waals surface area contributed by atoms with Gasteiger partial charge in [0.05, 0.1) is 17.0 Å². The van der Waals surface area contributed by atoms with Crippen LogP contribution in [-0.4, -0.2) is 38.7 Å². The van der Waals surface area contributed by atoms with Crippen molar-refractivity contribution in [2.45, 2.75) is 17.7 Å². The van der Waals surface area contributed by atoms with Gasteiger partial charge in [-0.25, -0.2) is 8.42 Å². The minimum Gasteiger partial charge on any atom is -0.495 e. The summed E-state index contributed by atoms with van der Waals surface area (Å²) in [6, 6.07) is 13.4. The number of sulfonamides is 1. The molecule has 5 nitrogen and oxygen atoms in total. The van der Waals surface area contributed by atoms with E-state index in [-0.39, 0.29) is 28.2 Å². The van der Waals surface area contributed by atoms with Crippen LogP contribution in [-0.2, 0) is 10.0 Å². The summed E-state index contributed by atoms with van der Waals surface area (Å²) in [4.78, 5) is 12.8. The molecule has 2 aromatic rings. The van der Waals surface area contributed by atoms with E-state index < -0.39 is 10.0 Å². The first-order valence-corrected chi connectivity index (χ1v) is 10.2. The van der Waals surface area contributed by atoms with E-state index in [1.807, 2.05) is 18.2 Å². The van der Waals surface area contributed by atoms with E-state index in [2.05, 4.69) is 0 Å². The summed E-state index contributed by atoms with van der Waals surface area (Å²) in [6.07, 6.45) is 1.33. The quantitative estimate of drug-likeness (QED) is 0.727. The van der Waals surface area contributed by atoms with E-state index in [0.29, 0.717) is 30.7 Å². The molecule has 7 heteroatoms. The van der Waals surface area contributed by atoms with Crippen molar-refractivity contribution in [1.82, 2.24) is 4.31 Å². The minimum atomic E-state index is -3.72. The van der Waals surface area contributed by atoms with Gasteiger partial charge in [0.15, 0.2) is 5.78 Å². The van der Waals surface area contributed by atoms with Gasteiger partial charge in [-0.1, -0.05) is 41.9 Å². The predicted molar refractivity (Wildman–Crippen MR) is 100 cm³/mol. The number of methoxy groups -OCH3 is 1. The average Bonchev–Trinajstić information content (AvgIpc) is 2.68. The van der Waals surface area contributed by atoms with Crippen LogP contribution in [0.2, 0.25) is 5.02 Å². The largest absolute Gasteiger partial charge is 0.495 e. The standard InChI is InChI=1S/C19H20ClNO4S/c1-25-18-10-9-16(12-17(18)20)26(23,24)21-11-5-8-15(13-21)19(22)14-6-3-2-4-7-14/h2-4,6-7,9-10,12,15H,5,8,11,13H2,1H3. The van der Waals surface area contributed by atoms with Crippen LogP contribution in [0.15, 0.2) is 53.4 Å². The molecule has 0 N–H and O–H groups in total. The molecule has 1 atom stereocenters. The molecule has 0 amide bonds. The van der Waals surface area contributed by atoms with Crippen molar-refractivity contribution in [3.8, 4) is 5.75 Å². The highest BCUT2D eigenvalue weighted by Gasteiger charge is 2.33. The molecule has 26 heavy (non-hydrogen) atoms. The molecule has 1 heterocycles. The highest BCUT2D eigenvalue weighted by Crippen LogP contribution is 2.30. The number of halogens is 1. The fourth-order valence-corrected chi connectivity index (χ4v) is 5.04. The fraction of sp³-hybridized carbons (Fsp3) is 0.316. The zero-order valence-corrected chi connectivity index (χ0v) is 16.0. The van der Waals surface area contributed by atoms with Crippen molar-refractivity contribution < 1.29 is 17.9 Å². The third-order valence-electron chi connectivity index (χ3n) is 4.57. The second-order valence-corrected chi connectivity index (χ2v) is 8.57. The van der Waals surface area contributed by atoms with Crippen molar-refractivity contribution in [2.75, 3.05) is 20.2 Å². The summed E-state index contributed by atoms with van der Waals surface area (Å²) in [5, 5.41) is 0.238. The highest BCUT2D eigenvalue weighted by atomic mass is 35.5. The molecule has 138 valence electrons. The molecule has 0 aliphatic carbocycles. The summed E-state index contributed by atoms with van der Waals surface area (Å²) >= 11 is 6.07. The molecule has 1 fully saturated rings. The van der Waals surface area contributed by atoms with E-state index in [4.69, 9.17) is 16.3 Å². The van der Waals surface area contributed by atoms with Gasteiger partial charge < -0.3 is 4.74 Å². The molecule has 0 bridgehead atoms. The van der Waals surface area contributed by atoms with Crippen molar-refractivity contribution in [2.24, 2.45) is 5.92 Å². The number of carbonyl (C=O) groups excluding carboxylic acids is 1. The number of carbonyl (C=O) groups is 1. The lowest BCUT2D eigenvalue weighted by Crippen LogP contribution is -2.42. The van der Waals surface area contributed by atoms with Crippen LogP contribution < -0.4 is 4.74 Å². The maximum Gasteiger partial charge on any atom is 0.243 e. The van der Waals surface area contributed by atoms with E-state index in [1.54, 1.807) is 12.1 Å². The van der Waals surface area contributed by atoms with E-state index in [0.717, 1.165) is 0 Å². The molecule has 1 saturated heterocycles. The van der Waals surface area contributed by atoms with Crippen molar-refractivity contribution in [1.29, 1.82) is 0 Å². The molecule has 1 aliphatic heterocycles. The van der Waals surface area contributed by atoms with Crippen molar-refractivity contribution in [3.05, 3.63) is 59.1 Å². The predicted octanol–water partition coefficient (Wildman–Crippen LogP) is 3.63. The third kappa shape index (κ3) is 3.77. The van der Waals surface area contributed by atoms with Gasteiger partial charge in [-0.05, 0) is 31.0 Å². The van der Waals surface area contributed by atoms with Crippen molar-refractivity contribution in [3.63, 3.8) is 0 Å². The van der Waals surface area contributed by atoms with Gasteiger partial charge in [-0.3, -0.25) is 4.79 Å². The number of benzene rings is 2. The van der Waals surface area contributed by atoms with E-state index in [9.17, 15) is 13.2 Å². The summed E-state index contributed by atoms with van der Waals surface area (Å²) in [5.74, 6) is 0.0642. The zero-order valence-electron chi connectivity index (χ0n) is 14.4. The lowest BCUT2D eigenvalue weighted by Gasteiger charge is -2.31.